The molecule has 0 rings (SSSR count). The summed E-state index contributed by atoms with van der Waals surface area (Å²) in [5.41, 5.74) is 8.06. The molecule has 0 unspecified atom stereocenters. The summed E-state index contributed by atoms with van der Waals surface area (Å²) >= 11 is 0. The largest absolute Gasteiger partial charge is 0.0878 e. The summed E-state index contributed by atoms with van der Waals surface area (Å²) in [6.07, 6.45) is 5.75. The second-order valence-electron chi connectivity index (χ2n) is 2.10. The molecule has 0 atom stereocenters. The SMILES string of the molecule is CCCCCCC#C[N]. The lowest BCUT2D eigenvalue weighted by Crippen LogP contribution is -1.73. The van der Waals surface area contributed by atoms with Crippen LogP contribution in [0.1, 0.15) is 39.0 Å². The predicted molar refractivity (Wildman–Crippen MR) is 38.7 cm³/mol. The molecular formula is C8H13N. The zero-order valence-corrected chi connectivity index (χ0v) is 5.98. The van der Waals surface area contributed by atoms with Gasteiger partial charge in [-0.15, -0.1) is 0 Å². The van der Waals surface area contributed by atoms with E-state index < -0.39 is 0 Å². The van der Waals surface area contributed by atoms with E-state index in [4.69, 9.17) is 5.73 Å². The Balaban J connectivity index is 2.80. The van der Waals surface area contributed by atoms with Crippen molar-refractivity contribution >= 4 is 0 Å². The third-order valence-corrected chi connectivity index (χ3v) is 1.23. The minimum Gasteiger partial charge on any atom is -0.0878 e. The molecule has 50 valence electrons. The molecule has 0 aliphatic carbocycles. The maximum Gasteiger partial charge on any atom is 0.0584 e. The second-order valence-corrected chi connectivity index (χ2v) is 2.10. The van der Waals surface area contributed by atoms with Crippen molar-refractivity contribution in [2.24, 2.45) is 0 Å². The van der Waals surface area contributed by atoms with Gasteiger partial charge < -0.3 is 0 Å². The first-order valence-corrected chi connectivity index (χ1v) is 3.53. The summed E-state index contributed by atoms with van der Waals surface area (Å²) in [6.45, 7) is 2.18. The van der Waals surface area contributed by atoms with Crippen molar-refractivity contribution in [3.05, 3.63) is 0 Å². The van der Waals surface area contributed by atoms with Gasteiger partial charge in [-0.3, -0.25) is 0 Å². The van der Waals surface area contributed by atoms with Crippen molar-refractivity contribution in [1.29, 1.82) is 0 Å². The van der Waals surface area contributed by atoms with Crippen LogP contribution in [0.25, 0.3) is 0 Å². The molecule has 0 N–H and O–H groups in total. The minimum atomic E-state index is 0.844. The predicted octanol–water partition coefficient (Wildman–Crippen LogP) is 1.99. The maximum atomic E-state index is 8.06. The molecule has 1 nitrogen and oxygen atoms in total. The molecule has 0 aliphatic heterocycles. The van der Waals surface area contributed by atoms with Crippen molar-refractivity contribution < 1.29 is 0 Å². The van der Waals surface area contributed by atoms with Crippen molar-refractivity contribution in [2.75, 3.05) is 0 Å². The van der Waals surface area contributed by atoms with Gasteiger partial charge in [0.2, 0.25) is 0 Å². The van der Waals surface area contributed by atoms with E-state index >= 15 is 0 Å². The highest BCUT2D eigenvalue weighted by atomic mass is 14.4. The van der Waals surface area contributed by atoms with E-state index in [0.29, 0.717) is 0 Å². The summed E-state index contributed by atoms with van der Waals surface area (Å²) < 4.78 is 0. The first-order chi connectivity index (χ1) is 4.41. The molecule has 0 aliphatic rings. The van der Waals surface area contributed by atoms with E-state index in [1.165, 1.54) is 19.3 Å². The Bertz CT molecular complexity index is 96.9. The van der Waals surface area contributed by atoms with Gasteiger partial charge in [0, 0.05) is 6.42 Å². The van der Waals surface area contributed by atoms with Crippen LogP contribution in [-0.2, 0) is 0 Å². The Hall–Kier alpha value is -0.640. The first kappa shape index (κ1) is 8.36. The van der Waals surface area contributed by atoms with Gasteiger partial charge in [0.1, 0.15) is 0 Å². The Morgan fingerprint density at radius 3 is 2.56 bits per heavy atom. The number of unbranched alkanes of at least 4 members (excludes halogenated alkanes) is 4. The van der Waals surface area contributed by atoms with Crippen LogP contribution in [0.5, 0.6) is 0 Å². The number of hydrogen-bond acceptors (Lipinski definition) is 0. The van der Waals surface area contributed by atoms with E-state index in [9.17, 15) is 0 Å². The molecule has 0 aromatic heterocycles. The fourth-order valence-electron chi connectivity index (χ4n) is 0.696. The third kappa shape index (κ3) is 7.36. The van der Waals surface area contributed by atoms with Crippen molar-refractivity contribution in [3.63, 3.8) is 0 Å². The summed E-state index contributed by atoms with van der Waals surface area (Å²) in [7, 11) is 0. The monoisotopic (exact) mass is 123 g/mol. The lowest BCUT2D eigenvalue weighted by Gasteiger charge is -1.90. The highest BCUT2D eigenvalue weighted by Crippen LogP contribution is 2.00. The zero-order valence-electron chi connectivity index (χ0n) is 5.98. The van der Waals surface area contributed by atoms with Crippen LogP contribution in [-0.4, -0.2) is 0 Å². The van der Waals surface area contributed by atoms with Crippen LogP contribution in [0.3, 0.4) is 0 Å². The van der Waals surface area contributed by atoms with E-state index in [2.05, 4.69) is 12.8 Å². The topological polar surface area (TPSA) is 22.3 Å². The average Bonchev–Trinajstić information content (AvgIpc) is 1.89. The Labute approximate surface area is 57.6 Å². The smallest absolute Gasteiger partial charge is 0.0584 e. The lowest BCUT2D eigenvalue weighted by atomic mass is 10.2. The molecule has 0 saturated carbocycles. The van der Waals surface area contributed by atoms with Crippen molar-refractivity contribution in [3.8, 4) is 12.0 Å². The molecule has 2 radical (unpaired) electrons. The van der Waals surface area contributed by atoms with Crippen LogP contribution in [0.15, 0.2) is 0 Å². The van der Waals surface area contributed by atoms with E-state index in [1.54, 1.807) is 0 Å². The summed E-state index contributed by atoms with van der Waals surface area (Å²) in [6, 6.07) is 1.89. The highest BCUT2D eigenvalue weighted by Gasteiger charge is 1.82. The Morgan fingerprint density at radius 1 is 1.22 bits per heavy atom. The fraction of sp³-hybridized carbons (Fsp3) is 0.750. The van der Waals surface area contributed by atoms with Gasteiger partial charge in [-0.2, -0.15) is 0 Å². The number of hydrogen-bond donors (Lipinski definition) is 0. The molecule has 0 fully saturated rings. The summed E-state index contributed by atoms with van der Waals surface area (Å²) in [4.78, 5) is 0. The minimum absolute atomic E-state index is 0.844. The second kappa shape index (κ2) is 7.36. The molecule has 0 spiro atoms. The quantitative estimate of drug-likeness (QED) is 0.403. The molecular weight excluding hydrogens is 110 g/mol. The van der Waals surface area contributed by atoms with Crippen LogP contribution in [0.4, 0.5) is 0 Å². The molecule has 0 heterocycles. The van der Waals surface area contributed by atoms with Crippen LogP contribution in [0, 0.1) is 12.0 Å². The van der Waals surface area contributed by atoms with Gasteiger partial charge in [0.05, 0.1) is 6.04 Å². The van der Waals surface area contributed by atoms with E-state index in [-0.39, 0.29) is 0 Å². The molecule has 0 bridgehead atoms. The number of rotatable bonds is 4. The third-order valence-electron chi connectivity index (χ3n) is 1.23. The molecule has 0 amide bonds. The lowest BCUT2D eigenvalue weighted by molar-refractivity contribution is 0.679. The zero-order chi connectivity index (χ0) is 6.95. The van der Waals surface area contributed by atoms with Crippen LogP contribution >= 0.6 is 0 Å². The first-order valence-electron chi connectivity index (χ1n) is 3.53. The summed E-state index contributed by atoms with van der Waals surface area (Å²) in [5, 5.41) is 0. The summed E-state index contributed by atoms with van der Waals surface area (Å²) in [5.74, 6) is 2.61. The highest BCUT2D eigenvalue weighted by molar-refractivity contribution is 4.92. The van der Waals surface area contributed by atoms with E-state index in [0.717, 1.165) is 12.8 Å². The van der Waals surface area contributed by atoms with Gasteiger partial charge in [0.25, 0.3) is 0 Å². The maximum absolute atomic E-state index is 8.06. The molecule has 9 heavy (non-hydrogen) atoms. The van der Waals surface area contributed by atoms with Crippen molar-refractivity contribution in [1.82, 2.24) is 5.73 Å². The van der Waals surface area contributed by atoms with Gasteiger partial charge in [-0.25, -0.2) is 0 Å². The normalized spacial score (nSPS) is 8.11. The van der Waals surface area contributed by atoms with Gasteiger partial charge >= 0.3 is 0 Å². The van der Waals surface area contributed by atoms with Gasteiger partial charge in [-0.05, 0) is 6.42 Å². The molecule has 1 heteroatoms. The molecule has 0 aromatic rings. The molecule has 0 saturated heterocycles. The fourth-order valence-corrected chi connectivity index (χ4v) is 0.696. The van der Waals surface area contributed by atoms with Gasteiger partial charge in [-0.1, -0.05) is 37.8 Å². The number of nitrogens with zero attached hydrogens (tertiary/aromatic N) is 1. The van der Waals surface area contributed by atoms with Gasteiger partial charge in [0.15, 0.2) is 0 Å². The van der Waals surface area contributed by atoms with Crippen LogP contribution in [0.2, 0.25) is 0 Å². The van der Waals surface area contributed by atoms with Crippen LogP contribution < -0.4 is 5.73 Å². The average molecular weight is 123 g/mol. The Kier molecular flexibility index (Phi) is 6.84. The van der Waals surface area contributed by atoms with E-state index in [1.807, 2.05) is 6.04 Å². The Morgan fingerprint density at radius 2 is 2.00 bits per heavy atom. The standard InChI is InChI=1S/C8H13N/c1-2-3-4-5-6-7-8-9/h2-6H2,1H3. The molecule has 0 aromatic carbocycles. The van der Waals surface area contributed by atoms with Crippen molar-refractivity contribution in [2.45, 2.75) is 39.0 Å².